The summed E-state index contributed by atoms with van der Waals surface area (Å²) >= 11 is 0. The van der Waals surface area contributed by atoms with Gasteiger partial charge in [-0.15, -0.1) is 12.8 Å². The summed E-state index contributed by atoms with van der Waals surface area (Å²) in [5.41, 5.74) is 0.0925. The Balaban J connectivity index is 0. The summed E-state index contributed by atoms with van der Waals surface area (Å²) in [7, 11) is 0. The van der Waals surface area contributed by atoms with Gasteiger partial charge in [0.2, 0.25) is 6.08 Å². The maximum absolute atomic E-state index is 13.0. The molecule has 0 saturated carbocycles. The molecule has 2 fully saturated rings. The lowest BCUT2D eigenvalue weighted by atomic mass is 10.1. The molecular formula is C34H40F6N8O8. The number of aliphatic imine (C=N–C) groups is 1. The van der Waals surface area contributed by atoms with E-state index in [2.05, 4.69) is 49.1 Å². The normalized spacial score (nSPS) is 13.9. The lowest BCUT2D eigenvalue weighted by Gasteiger charge is -2.26. The second-order valence-electron chi connectivity index (χ2n) is 10.8. The van der Waals surface area contributed by atoms with Crippen molar-refractivity contribution in [2.24, 2.45) is 10.7 Å². The van der Waals surface area contributed by atoms with Crippen LogP contribution in [0.15, 0.2) is 41.4 Å². The number of morpholine rings is 2. The number of isocyanates is 1. The second kappa shape index (κ2) is 25.1. The number of terminal acetylenes is 2. The zero-order valence-corrected chi connectivity index (χ0v) is 29.5. The molecule has 2 aromatic rings. The highest BCUT2D eigenvalue weighted by molar-refractivity contribution is 5.90. The number of halogens is 6. The van der Waals surface area contributed by atoms with Crippen molar-refractivity contribution in [3.8, 4) is 36.5 Å². The summed E-state index contributed by atoms with van der Waals surface area (Å²) < 4.78 is 86.6. The number of benzene rings is 2. The van der Waals surface area contributed by atoms with Crippen LogP contribution in [0.4, 0.5) is 53.9 Å². The predicted octanol–water partition coefficient (Wildman–Crippen LogP) is 4.67. The van der Waals surface area contributed by atoms with Gasteiger partial charge in [0.05, 0.1) is 58.8 Å². The fourth-order valence-electron chi connectivity index (χ4n) is 4.40. The van der Waals surface area contributed by atoms with E-state index in [0.717, 1.165) is 82.8 Å². The minimum absolute atomic E-state index is 0. The number of nitro groups is 2. The third-order valence-corrected chi connectivity index (χ3v) is 7.00. The van der Waals surface area contributed by atoms with Gasteiger partial charge in [0.15, 0.2) is 0 Å². The van der Waals surface area contributed by atoms with Crippen molar-refractivity contribution < 1.29 is 58.1 Å². The topological polar surface area (TPSA) is 208 Å². The van der Waals surface area contributed by atoms with Crippen LogP contribution in [-0.4, -0.2) is 111 Å². The average molecular weight is 803 g/mol. The first-order chi connectivity index (χ1) is 26.5. The van der Waals surface area contributed by atoms with Gasteiger partial charge in [-0.2, -0.15) is 31.3 Å². The zero-order valence-electron chi connectivity index (χ0n) is 29.5. The van der Waals surface area contributed by atoms with E-state index in [9.17, 15) is 56.2 Å². The second-order valence-corrected chi connectivity index (χ2v) is 10.8. The molecule has 2 aliphatic heterocycles. The van der Waals surface area contributed by atoms with Crippen molar-refractivity contribution in [1.82, 2.24) is 15.1 Å². The Labute approximate surface area is 319 Å². The highest BCUT2D eigenvalue weighted by Gasteiger charge is 2.36. The van der Waals surface area contributed by atoms with E-state index in [4.69, 9.17) is 28.1 Å². The molecule has 0 unspecified atom stereocenters. The number of nitro benzene ring substituents is 2. The zero-order chi connectivity index (χ0) is 42.1. The van der Waals surface area contributed by atoms with E-state index in [0.29, 0.717) is 31.9 Å². The minimum Gasteiger partial charge on any atom is -0.379 e. The van der Waals surface area contributed by atoms with Gasteiger partial charge in [0.25, 0.3) is 11.4 Å². The summed E-state index contributed by atoms with van der Waals surface area (Å²) in [4.78, 5) is 47.9. The van der Waals surface area contributed by atoms with Crippen molar-refractivity contribution >= 4 is 34.9 Å². The Hall–Kier alpha value is -6.05. The number of nitrogens with two attached hydrogens (primary N) is 1. The molecule has 0 aliphatic carbocycles. The van der Waals surface area contributed by atoms with Crippen LogP contribution < -0.4 is 16.4 Å². The molecule has 0 bridgehead atoms. The van der Waals surface area contributed by atoms with Crippen LogP contribution in [-0.2, 0) is 26.6 Å². The Morgan fingerprint density at radius 1 is 0.839 bits per heavy atom. The van der Waals surface area contributed by atoms with Crippen molar-refractivity contribution in [3.05, 3.63) is 67.8 Å². The molecule has 2 aromatic carbocycles. The van der Waals surface area contributed by atoms with Crippen LogP contribution in [0.25, 0.3) is 0 Å². The number of nitrogens with zero attached hydrogens (tertiary/aromatic N) is 5. The lowest BCUT2D eigenvalue weighted by Crippen LogP contribution is -2.42. The molecule has 306 valence electrons. The van der Waals surface area contributed by atoms with E-state index < -0.39 is 62.1 Å². The SMILES string of the molecule is C#CC#CC#C.NCCN1CCOCC1.O=C(NCCN1CCOCC1)Nc1ccc([N+](=O)[O-])cc1C(F)(F)F.O=C=Nc1ccc([N+](=O)[O-])cc1C(F)(F)F.[HH].[HH]. The first-order valence-electron chi connectivity index (χ1n) is 16.0. The molecular weight excluding hydrogens is 762 g/mol. The number of nitrogens with one attached hydrogen (secondary N) is 2. The van der Waals surface area contributed by atoms with Gasteiger partial charge in [0, 0.05) is 79.5 Å². The maximum atomic E-state index is 13.0. The van der Waals surface area contributed by atoms with Crippen LogP contribution in [0.1, 0.15) is 14.0 Å². The summed E-state index contributed by atoms with van der Waals surface area (Å²) in [6.45, 7) is 9.09. The van der Waals surface area contributed by atoms with Gasteiger partial charge in [-0.05, 0) is 35.8 Å². The number of alkyl halides is 6. The quantitative estimate of drug-likeness (QED) is 0.0793. The molecule has 2 heterocycles. The molecule has 2 aliphatic rings. The fourth-order valence-corrected chi connectivity index (χ4v) is 4.40. The average Bonchev–Trinajstić information content (AvgIpc) is 3.15. The molecule has 56 heavy (non-hydrogen) atoms. The lowest BCUT2D eigenvalue weighted by molar-refractivity contribution is -0.385. The van der Waals surface area contributed by atoms with E-state index in [1.54, 1.807) is 0 Å². The number of non-ortho nitro benzene ring substituents is 2. The highest BCUT2D eigenvalue weighted by Crippen LogP contribution is 2.38. The predicted molar refractivity (Wildman–Crippen MR) is 194 cm³/mol. The third-order valence-electron chi connectivity index (χ3n) is 7.00. The van der Waals surface area contributed by atoms with Gasteiger partial charge in [-0.25, -0.2) is 9.59 Å². The summed E-state index contributed by atoms with van der Waals surface area (Å²) in [6, 6.07) is 3.23. The summed E-state index contributed by atoms with van der Waals surface area (Å²) in [5, 5.41) is 25.5. The fraction of sp³-hybridized carbons (Fsp3) is 0.412. The number of amides is 2. The number of carbonyl (C=O) groups excluding carboxylic acids is 2. The Kier molecular flexibility index (Phi) is 21.5. The van der Waals surface area contributed by atoms with Crippen LogP contribution in [0.2, 0.25) is 0 Å². The largest absolute Gasteiger partial charge is 0.418 e. The Morgan fingerprint density at radius 3 is 1.73 bits per heavy atom. The van der Waals surface area contributed by atoms with E-state index >= 15 is 0 Å². The van der Waals surface area contributed by atoms with Crippen molar-refractivity contribution in [2.75, 3.05) is 84.1 Å². The standard InChI is InChI=1S/C14H17F3N4O4.C8H3F3N2O3.C6H14N2O.C6H2.2H2/c15-14(16,17)11-9-10(21(23)24)1-2-12(11)19-13(22)18-3-4-20-5-7-25-8-6-20;9-8(10,11)6-3-5(13(15)16)1-2-7(6)12-4-14;7-1-2-8-3-5-9-6-4-8;1-3-5-6-4-2;;/h1-2,9H,3-8H2,(H2,18,19,22);1-3H;1-7H2;1-2H;2*1H. The van der Waals surface area contributed by atoms with Crippen molar-refractivity contribution in [2.45, 2.75) is 12.4 Å². The van der Waals surface area contributed by atoms with Gasteiger partial charge in [-0.1, -0.05) is 0 Å². The van der Waals surface area contributed by atoms with Gasteiger partial charge >= 0.3 is 18.4 Å². The van der Waals surface area contributed by atoms with Gasteiger partial charge in [0.1, 0.15) is 0 Å². The first-order valence-corrected chi connectivity index (χ1v) is 16.0. The monoisotopic (exact) mass is 802 g/mol. The van der Waals surface area contributed by atoms with Crippen molar-refractivity contribution in [3.63, 3.8) is 0 Å². The number of carbonyl (C=O) groups is 1. The molecule has 4 N–H and O–H groups in total. The third kappa shape index (κ3) is 18.8. The molecule has 22 heteroatoms. The number of hydrogen-bond donors (Lipinski definition) is 3. The molecule has 2 amide bonds. The molecule has 0 aromatic heterocycles. The maximum Gasteiger partial charge on any atom is 0.418 e. The highest BCUT2D eigenvalue weighted by atomic mass is 19.4. The molecule has 4 rings (SSSR count). The van der Waals surface area contributed by atoms with E-state index in [1.807, 2.05) is 0 Å². The number of ether oxygens (including phenoxy) is 2. The van der Waals surface area contributed by atoms with Gasteiger partial charge < -0.3 is 25.8 Å². The Morgan fingerprint density at radius 2 is 1.30 bits per heavy atom. The number of rotatable bonds is 9. The summed E-state index contributed by atoms with van der Waals surface area (Å²) in [6.07, 6.45) is 0.692. The first kappa shape index (κ1) is 48.0. The van der Waals surface area contributed by atoms with Crippen molar-refractivity contribution in [1.29, 1.82) is 0 Å². The van der Waals surface area contributed by atoms with Gasteiger partial charge in [-0.3, -0.25) is 30.0 Å². The number of urea groups is 1. The number of anilines is 1. The van der Waals surface area contributed by atoms with Crippen LogP contribution in [0.5, 0.6) is 0 Å². The van der Waals surface area contributed by atoms with Crippen LogP contribution in [0, 0.1) is 56.8 Å². The Bertz CT molecular complexity index is 1790. The van der Waals surface area contributed by atoms with E-state index in [-0.39, 0.29) is 9.40 Å². The molecule has 16 nitrogen and oxygen atoms in total. The summed E-state index contributed by atoms with van der Waals surface area (Å²) in [5.74, 6) is 8.61. The smallest absolute Gasteiger partial charge is 0.379 e. The minimum atomic E-state index is -4.83. The van der Waals surface area contributed by atoms with E-state index in [1.165, 1.54) is 0 Å². The molecule has 0 radical (unpaired) electrons. The molecule has 2 saturated heterocycles. The van der Waals surface area contributed by atoms with Crippen LogP contribution in [0.3, 0.4) is 0 Å². The molecule has 0 spiro atoms. The number of hydrogen-bond acceptors (Lipinski definition) is 12. The molecule has 0 atom stereocenters. The van der Waals surface area contributed by atoms with Crippen LogP contribution >= 0.6 is 0 Å².